The van der Waals surface area contributed by atoms with Crippen LogP contribution in [0.1, 0.15) is 16.7 Å². The first-order valence-corrected chi connectivity index (χ1v) is 10.7. The molecule has 2 aromatic carbocycles. The normalized spacial score (nSPS) is 18.1. The van der Waals surface area contributed by atoms with Crippen molar-refractivity contribution in [1.29, 1.82) is 0 Å². The molecular formula is C25H29N5O3. The molecule has 8 heteroatoms. The average Bonchev–Trinajstić information content (AvgIpc) is 2.84. The smallest absolute Gasteiger partial charge is 0.198 e. The van der Waals surface area contributed by atoms with Gasteiger partial charge in [0.15, 0.2) is 5.96 Å². The van der Waals surface area contributed by atoms with E-state index in [0.29, 0.717) is 36.2 Å². The van der Waals surface area contributed by atoms with Crippen molar-refractivity contribution in [1.82, 2.24) is 10.3 Å². The lowest BCUT2D eigenvalue weighted by molar-refractivity contribution is 0.383. The molecule has 4 N–H and O–H groups in total. The molecule has 4 rings (SSSR count). The summed E-state index contributed by atoms with van der Waals surface area (Å²) in [6.07, 6.45) is 3.01. The van der Waals surface area contributed by atoms with Crippen molar-refractivity contribution < 1.29 is 14.2 Å². The zero-order chi connectivity index (χ0) is 23.3. The lowest BCUT2D eigenvalue weighted by Gasteiger charge is -2.38. The van der Waals surface area contributed by atoms with Gasteiger partial charge in [-0.1, -0.05) is 18.2 Å². The van der Waals surface area contributed by atoms with E-state index in [4.69, 9.17) is 24.9 Å². The number of rotatable bonds is 8. The number of nitrogens with one attached hydrogen (secondary N) is 2. The molecule has 0 saturated heterocycles. The van der Waals surface area contributed by atoms with E-state index in [9.17, 15) is 0 Å². The van der Waals surface area contributed by atoms with Gasteiger partial charge in [-0.05, 0) is 47.9 Å². The fourth-order valence-corrected chi connectivity index (χ4v) is 3.88. The minimum Gasteiger partial charge on any atom is -0.497 e. The number of methoxy groups -OCH3 is 3. The summed E-state index contributed by atoms with van der Waals surface area (Å²) in [4.78, 5) is 9.20. The Bertz CT molecular complexity index is 1110. The van der Waals surface area contributed by atoms with Crippen LogP contribution in [0.15, 0.2) is 65.8 Å². The van der Waals surface area contributed by atoms with Crippen LogP contribution in [0.5, 0.6) is 17.2 Å². The lowest BCUT2D eigenvalue weighted by atomic mass is 9.91. The zero-order valence-corrected chi connectivity index (χ0v) is 19.1. The highest BCUT2D eigenvalue weighted by molar-refractivity contribution is 5.96. The number of guanidine groups is 1. The van der Waals surface area contributed by atoms with E-state index in [1.54, 1.807) is 27.5 Å². The summed E-state index contributed by atoms with van der Waals surface area (Å²) in [6.45, 7) is 0.590. The zero-order valence-electron chi connectivity index (χ0n) is 19.1. The standard InChI is InChI=1S/C25H29N5O3/c1-31-19-8-6-17(7-9-19)10-12-28-24-29-23-22(5-4-11-27-23)25(26,30-24)16-18-13-20(32-2)15-21(14-18)33-3/h4-9,11,13-15H,10,12,16,26H2,1-3H3,(H2,27,28,29,30). The maximum Gasteiger partial charge on any atom is 0.198 e. The number of benzene rings is 2. The number of hydrogen-bond donors (Lipinski definition) is 3. The Labute approximate surface area is 193 Å². The van der Waals surface area contributed by atoms with Gasteiger partial charge in [0.2, 0.25) is 0 Å². The molecule has 0 bridgehead atoms. The molecule has 8 nitrogen and oxygen atoms in total. The van der Waals surface area contributed by atoms with Crippen LogP contribution in [0.4, 0.5) is 5.82 Å². The summed E-state index contributed by atoms with van der Waals surface area (Å²) in [5.41, 5.74) is 9.02. The summed E-state index contributed by atoms with van der Waals surface area (Å²) in [7, 11) is 4.92. The van der Waals surface area contributed by atoms with Crippen molar-refractivity contribution in [3.63, 3.8) is 0 Å². The minimum atomic E-state index is -0.912. The van der Waals surface area contributed by atoms with Crippen LogP contribution in [0, 0.1) is 0 Å². The summed E-state index contributed by atoms with van der Waals surface area (Å²) < 4.78 is 16.1. The SMILES string of the molecule is COc1ccc(CCN=C2Nc3ncccc3C(N)(Cc3cc(OC)cc(OC)c3)N2)cc1. The van der Waals surface area contributed by atoms with Crippen LogP contribution in [-0.4, -0.2) is 38.8 Å². The van der Waals surface area contributed by atoms with E-state index in [0.717, 1.165) is 23.3 Å². The monoisotopic (exact) mass is 447 g/mol. The second kappa shape index (κ2) is 9.79. The number of fused-ring (bicyclic) bond motifs is 1. The Morgan fingerprint density at radius 3 is 2.27 bits per heavy atom. The van der Waals surface area contributed by atoms with Crippen molar-refractivity contribution >= 4 is 11.8 Å². The second-order valence-corrected chi connectivity index (χ2v) is 7.85. The van der Waals surface area contributed by atoms with Gasteiger partial charge in [-0.15, -0.1) is 0 Å². The van der Waals surface area contributed by atoms with Crippen LogP contribution >= 0.6 is 0 Å². The van der Waals surface area contributed by atoms with Gasteiger partial charge in [-0.25, -0.2) is 4.98 Å². The molecule has 1 atom stereocenters. The van der Waals surface area contributed by atoms with Crippen LogP contribution in [-0.2, 0) is 18.5 Å². The van der Waals surface area contributed by atoms with Crippen LogP contribution in [0.25, 0.3) is 0 Å². The number of ether oxygens (including phenoxy) is 3. The van der Waals surface area contributed by atoms with Gasteiger partial charge in [0.1, 0.15) is 28.7 Å². The highest BCUT2D eigenvalue weighted by Crippen LogP contribution is 2.32. The van der Waals surface area contributed by atoms with E-state index in [1.165, 1.54) is 5.56 Å². The number of anilines is 1. The third kappa shape index (κ3) is 5.18. The van der Waals surface area contributed by atoms with Crippen molar-refractivity contribution in [3.05, 3.63) is 77.5 Å². The third-order valence-electron chi connectivity index (χ3n) is 5.59. The lowest BCUT2D eigenvalue weighted by Crippen LogP contribution is -2.59. The van der Waals surface area contributed by atoms with Gasteiger partial charge < -0.3 is 30.6 Å². The molecular weight excluding hydrogens is 418 g/mol. The molecule has 0 radical (unpaired) electrons. The van der Waals surface area contributed by atoms with Crippen LogP contribution in [0.2, 0.25) is 0 Å². The number of hydrogen-bond acceptors (Lipinski definition) is 6. The van der Waals surface area contributed by atoms with Crippen molar-refractivity contribution in [2.24, 2.45) is 10.7 Å². The van der Waals surface area contributed by atoms with E-state index >= 15 is 0 Å². The molecule has 172 valence electrons. The fourth-order valence-electron chi connectivity index (χ4n) is 3.88. The highest BCUT2D eigenvalue weighted by atomic mass is 16.5. The highest BCUT2D eigenvalue weighted by Gasteiger charge is 2.36. The molecule has 1 unspecified atom stereocenters. The molecule has 0 saturated carbocycles. The summed E-state index contributed by atoms with van der Waals surface area (Å²) in [6, 6.07) is 17.6. The largest absolute Gasteiger partial charge is 0.497 e. The molecule has 3 aromatic rings. The first-order chi connectivity index (χ1) is 16.0. The van der Waals surface area contributed by atoms with E-state index < -0.39 is 5.66 Å². The van der Waals surface area contributed by atoms with E-state index in [1.807, 2.05) is 54.6 Å². The van der Waals surface area contributed by atoms with Crippen molar-refractivity contribution in [2.45, 2.75) is 18.5 Å². The summed E-state index contributed by atoms with van der Waals surface area (Å²) in [5, 5.41) is 6.65. The molecule has 0 spiro atoms. The molecule has 2 heterocycles. The Morgan fingerprint density at radius 2 is 1.61 bits per heavy atom. The number of pyridine rings is 1. The first-order valence-electron chi connectivity index (χ1n) is 10.7. The summed E-state index contributed by atoms with van der Waals surface area (Å²) >= 11 is 0. The Kier molecular flexibility index (Phi) is 6.65. The average molecular weight is 448 g/mol. The topological polar surface area (TPSA) is 103 Å². The van der Waals surface area contributed by atoms with Gasteiger partial charge in [0.05, 0.1) is 21.3 Å². The molecule has 33 heavy (non-hydrogen) atoms. The van der Waals surface area contributed by atoms with Gasteiger partial charge in [-0.3, -0.25) is 4.99 Å². The maximum absolute atomic E-state index is 6.92. The fraction of sp³-hybridized carbons (Fsp3) is 0.280. The Morgan fingerprint density at radius 1 is 0.909 bits per heavy atom. The van der Waals surface area contributed by atoms with Crippen LogP contribution in [0.3, 0.4) is 0 Å². The maximum atomic E-state index is 6.92. The molecule has 0 fully saturated rings. The molecule has 0 amide bonds. The second-order valence-electron chi connectivity index (χ2n) is 7.85. The number of nitrogens with zero attached hydrogens (tertiary/aromatic N) is 2. The molecule has 1 aliphatic heterocycles. The number of aromatic nitrogens is 1. The van der Waals surface area contributed by atoms with Crippen molar-refractivity contribution in [3.8, 4) is 17.2 Å². The van der Waals surface area contributed by atoms with Crippen LogP contribution < -0.4 is 30.6 Å². The first kappa shape index (κ1) is 22.4. The molecule has 1 aliphatic rings. The predicted octanol–water partition coefficient (Wildman–Crippen LogP) is 3.08. The van der Waals surface area contributed by atoms with E-state index in [2.05, 4.69) is 15.6 Å². The molecule has 1 aromatic heterocycles. The molecule has 0 aliphatic carbocycles. The van der Waals surface area contributed by atoms with Gasteiger partial charge >= 0.3 is 0 Å². The Hall–Kier alpha value is -3.78. The van der Waals surface area contributed by atoms with E-state index in [-0.39, 0.29) is 0 Å². The minimum absolute atomic E-state index is 0.485. The predicted molar refractivity (Wildman–Crippen MR) is 129 cm³/mol. The third-order valence-corrected chi connectivity index (χ3v) is 5.59. The van der Waals surface area contributed by atoms with Gasteiger partial charge in [-0.2, -0.15) is 0 Å². The quantitative estimate of drug-likeness (QED) is 0.488. The number of aliphatic imine (C=N–C) groups is 1. The van der Waals surface area contributed by atoms with Crippen molar-refractivity contribution in [2.75, 3.05) is 33.2 Å². The number of nitrogens with two attached hydrogens (primary N) is 1. The summed E-state index contributed by atoms with van der Waals surface area (Å²) in [5.74, 6) is 3.54. The Balaban J connectivity index is 1.56. The van der Waals surface area contributed by atoms with Gasteiger partial charge in [0, 0.05) is 30.8 Å². The van der Waals surface area contributed by atoms with Gasteiger partial charge in [0.25, 0.3) is 0 Å².